The third kappa shape index (κ3) is 3.06. The van der Waals surface area contributed by atoms with Gasteiger partial charge < -0.3 is 15.6 Å². The Labute approximate surface area is 146 Å². The quantitative estimate of drug-likeness (QED) is 0.690. The van der Waals surface area contributed by atoms with E-state index in [4.69, 9.17) is 33.7 Å². The van der Waals surface area contributed by atoms with Crippen LogP contribution in [0.4, 0.5) is 5.82 Å². The van der Waals surface area contributed by atoms with E-state index in [2.05, 4.69) is 9.97 Å². The summed E-state index contributed by atoms with van der Waals surface area (Å²) in [4.78, 5) is 20.5. The predicted octanol–water partition coefficient (Wildman–Crippen LogP) is 3.58. The molecule has 2 aromatic carbocycles. The Bertz CT molecular complexity index is 947. The molecule has 1 aromatic heterocycles. The van der Waals surface area contributed by atoms with Crippen LogP contribution in [0.3, 0.4) is 0 Å². The van der Waals surface area contributed by atoms with Gasteiger partial charge in [-0.3, -0.25) is 0 Å². The summed E-state index contributed by atoms with van der Waals surface area (Å²) in [5, 5.41) is 10.6. The second-order valence-electron chi connectivity index (χ2n) is 4.88. The first kappa shape index (κ1) is 16.3. The Morgan fingerprint density at radius 3 is 2.71 bits per heavy atom. The molecule has 6 nitrogen and oxygen atoms in total. The molecule has 0 aliphatic carbocycles. The number of nitrogens with zero attached hydrogens (tertiary/aromatic N) is 2. The minimum absolute atomic E-state index is 0.0989. The maximum atomic E-state index is 12.1. The molecule has 0 aliphatic rings. The van der Waals surface area contributed by atoms with E-state index in [0.717, 1.165) is 5.39 Å². The number of fused-ring (bicyclic) bond motifs is 1. The van der Waals surface area contributed by atoms with Gasteiger partial charge >= 0.3 is 5.97 Å². The number of phenols is 1. The molecule has 0 amide bonds. The van der Waals surface area contributed by atoms with Crippen LogP contribution in [0.5, 0.6) is 5.75 Å². The predicted molar refractivity (Wildman–Crippen MR) is 91.2 cm³/mol. The summed E-state index contributed by atoms with van der Waals surface area (Å²) in [6, 6.07) is 9.94. The molecule has 3 aromatic rings. The van der Waals surface area contributed by atoms with Crippen molar-refractivity contribution >= 4 is 45.9 Å². The van der Waals surface area contributed by atoms with E-state index < -0.39 is 11.7 Å². The molecule has 8 heteroatoms. The molecular weight excluding hydrogens is 353 g/mol. The van der Waals surface area contributed by atoms with E-state index in [1.807, 2.05) is 12.1 Å². The highest BCUT2D eigenvalue weighted by molar-refractivity contribution is 6.43. The Kier molecular flexibility index (Phi) is 4.42. The zero-order valence-corrected chi connectivity index (χ0v) is 13.7. The third-order valence-corrected chi connectivity index (χ3v) is 4.09. The smallest absolute Gasteiger partial charge is 0.342 e. The molecule has 122 valence electrons. The van der Waals surface area contributed by atoms with Crippen molar-refractivity contribution in [3.8, 4) is 5.75 Å². The van der Waals surface area contributed by atoms with Gasteiger partial charge in [0.25, 0.3) is 0 Å². The summed E-state index contributed by atoms with van der Waals surface area (Å²) >= 11 is 11.6. The lowest BCUT2D eigenvalue weighted by molar-refractivity contribution is 0.0459. The van der Waals surface area contributed by atoms with E-state index in [9.17, 15) is 9.90 Å². The summed E-state index contributed by atoms with van der Waals surface area (Å²) in [6.07, 6.45) is 0. The molecule has 3 rings (SSSR count). The Hall–Kier alpha value is -2.57. The van der Waals surface area contributed by atoms with Crippen LogP contribution in [-0.2, 0) is 11.3 Å². The number of benzene rings is 2. The topological polar surface area (TPSA) is 98.3 Å². The van der Waals surface area contributed by atoms with Crippen molar-refractivity contribution in [3.63, 3.8) is 0 Å². The van der Waals surface area contributed by atoms with Crippen LogP contribution >= 0.6 is 23.2 Å². The second kappa shape index (κ2) is 6.51. The van der Waals surface area contributed by atoms with Gasteiger partial charge in [-0.05, 0) is 24.3 Å². The number of aromatic hydroxyl groups is 1. The number of para-hydroxylation sites is 1. The largest absolute Gasteiger partial charge is 0.505 e. The molecule has 3 N–H and O–H groups in total. The van der Waals surface area contributed by atoms with Crippen molar-refractivity contribution in [1.29, 1.82) is 0 Å². The molecule has 0 fully saturated rings. The number of hydrogen-bond acceptors (Lipinski definition) is 6. The van der Waals surface area contributed by atoms with Crippen LogP contribution in [0.2, 0.25) is 10.0 Å². The maximum absolute atomic E-state index is 12.1. The first-order chi connectivity index (χ1) is 11.5. The van der Waals surface area contributed by atoms with Crippen molar-refractivity contribution in [2.75, 3.05) is 5.73 Å². The highest BCUT2D eigenvalue weighted by Crippen LogP contribution is 2.34. The van der Waals surface area contributed by atoms with Crippen molar-refractivity contribution in [3.05, 3.63) is 57.8 Å². The van der Waals surface area contributed by atoms with Crippen molar-refractivity contribution < 1.29 is 14.6 Å². The fourth-order valence-corrected chi connectivity index (χ4v) is 2.45. The van der Waals surface area contributed by atoms with Gasteiger partial charge in [-0.25, -0.2) is 14.8 Å². The molecule has 0 saturated carbocycles. The highest BCUT2D eigenvalue weighted by Gasteiger charge is 2.18. The van der Waals surface area contributed by atoms with Gasteiger partial charge in [-0.2, -0.15) is 0 Å². The number of carbonyl (C=O) groups is 1. The van der Waals surface area contributed by atoms with Crippen LogP contribution in [0.25, 0.3) is 10.9 Å². The number of hydrogen-bond donors (Lipinski definition) is 2. The van der Waals surface area contributed by atoms with Gasteiger partial charge in [0.1, 0.15) is 22.2 Å². The van der Waals surface area contributed by atoms with Gasteiger partial charge in [0.2, 0.25) is 0 Å². The van der Waals surface area contributed by atoms with E-state index in [1.165, 1.54) is 12.1 Å². The van der Waals surface area contributed by atoms with Crippen molar-refractivity contribution in [2.24, 2.45) is 0 Å². The number of esters is 1. The molecule has 0 unspecified atom stereocenters. The second-order valence-corrected chi connectivity index (χ2v) is 5.66. The Morgan fingerprint density at radius 1 is 1.17 bits per heavy atom. The molecule has 0 saturated heterocycles. The lowest BCUT2D eigenvalue weighted by Gasteiger charge is -2.09. The molecule has 1 heterocycles. The zero-order chi connectivity index (χ0) is 17.3. The van der Waals surface area contributed by atoms with E-state index >= 15 is 0 Å². The average Bonchev–Trinajstić information content (AvgIpc) is 2.58. The molecule has 24 heavy (non-hydrogen) atoms. The minimum atomic E-state index is -0.776. The van der Waals surface area contributed by atoms with E-state index in [0.29, 0.717) is 11.3 Å². The number of aromatic nitrogens is 2. The maximum Gasteiger partial charge on any atom is 0.342 e. The van der Waals surface area contributed by atoms with Gasteiger partial charge in [0, 0.05) is 5.39 Å². The number of ether oxygens (including phenoxy) is 1. The first-order valence-electron chi connectivity index (χ1n) is 6.82. The standard InChI is InChI=1S/C16H11Cl2N3O3/c17-10-6-5-9(14(22)13(10)18)16(23)24-7-12-20-11-4-2-1-3-8(11)15(19)21-12/h1-6,22H,7H2,(H2,19,20,21). The Morgan fingerprint density at radius 2 is 1.92 bits per heavy atom. The lowest BCUT2D eigenvalue weighted by atomic mass is 10.2. The average molecular weight is 364 g/mol. The van der Waals surface area contributed by atoms with Gasteiger partial charge in [0.15, 0.2) is 12.4 Å². The Balaban J connectivity index is 1.81. The lowest BCUT2D eigenvalue weighted by Crippen LogP contribution is -2.09. The minimum Gasteiger partial charge on any atom is -0.505 e. The summed E-state index contributed by atoms with van der Waals surface area (Å²) in [5.41, 5.74) is 6.42. The fraction of sp³-hybridized carbons (Fsp3) is 0.0625. The number of anilines is 1. The van der Waals surface area contributed by atoms with E-state index in [-0.39, 0.29) is 28.0 Å². The number of nitrogen functional groups attached to an aromatic ring is 1. The van der Waals surface area contributed by atoms with Crippen LogP contribution < -0.4 is 5.73 Å². The summed E-state index contributed by atoms with van der Waals surface area (Å²) in [6.45, 7) is -0.201. The monoisotopic (exact) mass is 363 g/mol. The number of carbonyl (C=O) groups excluding carboxylic acids is 1. The highest BCUT2D eigenvalue weighted by atomic mass is 35.5. The number of rotatable bonds is 3. The van der Waals surface area contributed by atoms with Crippen molar-refractivity contribution in [1.82, 2.24) is 9.97 Å². The van der Waals surface area contributed by atoms with E-state index in [1.54, 1.807) is 12.1 Å². The number of halogens is 2. The molecule has 0 aliphatic heterocycles. The normalized spacial score (nSPS) is 10.8. The molecule has 0 atom stereocenters. The first-order valence-corrected chi connectivity index (χ1v) is 7.58. The zero-order valence-electron chi connectivity index (χ0n) is 12.2. The molecular formula is C16H11Cl2N3O3. The summed E-state index contributed by atoms with van der Waals surface area (Å²) in [5.74, 6) is -0.669. The van der Waals surface area contributed by atoms with Crippen LogP contribution in [-0.4, -0.2) is 21.0 Å². The SMILES string of the molecule is Nc1nc(COC(=O)c2ccc(Cl)c(Cl)c2O)nc2ccccc12. The van der Waals surface area contributed by atoms with Crippen LogP contribution in [0, 0.1) is 0 Å². The summed E-state index contributed by atoms with van der Waals surface area (Å²) < 4.78 is 5.11. The molecule has 0 spiro atoms. The van der Waals surface area contributed by atoms with Gasteiger partial charge in [-0.15, -0.1) is 0 Å². The molecule has 0 radical (unpaired) electrons. The van der Waals surface area contributed by atoms with Gasteiger partial charge in [-0.1, -0.05) is 35.3 Å². The molecule has 0 bridgehead atoms. The van der Waals surface area contributed by atoms with Gasteiger partial charge in [0.05, 0.1) is 10.5 Å². The summed E-state index contributed by atoms with van der Waals surface area (Å²) in [7, 11) is 0. The van der Waals surface area contributed by atoms with Crippen LogP contribution in [0.1, 0.15) is 16.2 Å². The number of phenolic OH excluding ortho intramolecular Hbond substituents is 1. The fourth-order valence-electron chi connectivity index (χ4n) is 2.13. The van der Waals surface area contributed by atoms with Crippen molar-refractivity contribution in [2.45, 2.75) is 6.61 Å². The number of nitrogens with two attached hydrogens (primary N) is 1. The third-order valence-electron chi connectivity index (χ3n) is 3.30. The van der Waals surface area contributed by atoms with Crippen LogP contribution in [0.15, 0.2) is 36.4 Å².